The van der Waals surface area contributed by atoms with Crippen LogP contribution in [0.15, 0.2) is 0 Å². The Balaban J connectivity index is 2.92. The van der Waals surface area contributed by atoms with Crippen molar-refractivity contribution in [2.45, 2.75) is 46.3 Å². The number of hydrogen-bond acceptors (Lipinski definition) is 2. The van der Waals surface area contributed by atoms with Gasteiger partial charge in [0, 0.05) is 5.41 Å². The minimum Gasteiger partial charge on any atom is -0.440 e. The molecule has 0 aromatic carbocycles. The molecule has 2 atom stereocenters. The number of alkyl carbamates (subject to hydrolysis) is 1. The standard InChI is InChI=1S/C9H17NO2/c1-6-9(5,8(2,3)4)12-7(11)10-6/h6H,1-5H3,(H,10,11)/t6-,9-/m1/s1. The zero-order chi connectivity index (χ0) is 9.57. The number of rotatable bonds is 0. The van der Waals surface area contributed by atoms with Gasteiger partial charge in [0.1, 0.15) is 5.60 Å². The Hall–Kier alpha value is -0.730. The van der Waals surface area contributed by atoms with Gasteiger partial charge >= 0.3 is 6.09 Å². The third-order valence-corrected chi connectivity index (χ3v) is 2.95. The highest BCUT2D eigenvalue weighted by Gasteiger charge is 2.50. The van der Waals surface area contributed by atoms with Gasteiger partial charge in [-0.2, -0.15) is 0 Å². The van der Waals surface area contributed by atoms with Gasteiger partial charge in [0.15, 0.2) is 0 Å². The largest absolute Gasteiger partial charge is 0.440 e. The van der Waals surface area contributed by atoms with E-state index in [2.05, 4.69) is 26.1 Å². The normalized spacial score (nSPS) is 36.1. The molecule has 0 aromatic heterocycles. The number of carbonyl (C=O) groups is 1. The summed E-state index contributed by atoms with van der Waals surface area (Å²) in [5, 5.41) is 2.75. The summed E-state index contributed by atoms with van der Waals surface area (Å²) >= 11 is 0. The van der Waals surface area contributed by atoms with Crippen LogP contribution in [-0.4, -0.2) is 17.7 Å². The highest BCUT2D eigenvalue weighted by Crippen LogP contribution is 2.39. The maximum atomic E-state index is 11.0. The Morgan fingerprint density at radius 1 is 1.50 bits per heavy atom. The van der Waals surface area contributed by atoms with Crippen molar-refractivity contribution in [3.05, 3.63) is 0 Å². The van der Waals surface area contributed by atoms with Crippen LogP contribution in [0.5, 0.6) is 0 Å². The highest BCUT2D eigenvalue weighted by atomic mass is 16.6. The molecule has 0 aromatic rings. The van der Waals surface area contributed by atoms with E-state index < -0.39 is 5.60 Å². The predicted octanol–water partition coefficient (Wildman–Crippen LogP) is 1.92. The van der Waals surface area contributed by atoms with Gasteiger partial charge in [-0.3, -0.25) is 0 Å². The molecule has 70 valence electrons. The molecule has 1 aliphatic rings. The maximum Gasteiger partial charge on any atom is 0.408 e. The molecule has 1 N–H and O–H groups in total. The zero-order valence-electron chi connectivity index (χ0n) is 8.39. The van der Waals surface area contributed by atoms with Gasteiger partial charge in [-0.25, -0.2) is 4.79 Å². The molecule has 1 aliphatic heterocycles. The van der Waals surface area contributed by atoms with Crippen LogP contribution in [0.1, 0.15) is 34.6 Å². The van der Waals surface area contributed by atoms with Crippen molar-refractivity contribution in [3.8, 4) is 0 Å². The Morgan fingerprint density at radius 2 is 2.00 bits per heavy atom. The Bertz CT molecular complexity index is 207. The monoisotopic (exact) mass is 171 g/mol. The summed E-state index contributed by atoms with van der Waals surface area (Å²) in [6, 6.07) is 0.0741. The number of carbonyl (C=O) groups excluding carboxylic acids is 1. The van der Waals surface area contributed by atoms with Gasteiger partial charge in [-0.1, -0.05) is 20.8 Å². The lowest BCUT2D eigenvalue weighted by molar-refractivity contribution is -0.0334. The van der Waals surface area contributed by atoms with E-state index >= 15 is 0 Å². The Kier molecular flexibility index (Phi) is 1.85. The lowest BCUT2D eigenvalue weighted by Crippen LogP contribution is -2.49. The number of cyclic esters (lactones) is 1. The summed E-state index contributed by atoms with van der Waals surface area (Å²) in [5.74, 6) is 0. The molecule has 0 saturated carbocycles. The second kappa shape index (κ2) is 2.38. The van der Waals surface area contributed by atoms with Gasteiger partial charge < -0.3 is 10.1 Å². The van der Waals surface area contributed by atoms with Crippen LogP contribution in [0.2, 0.25) is 0 Å². The van der Waals surface area contributed by atoms with E-state index in [9.17, 15) is 4.79 Å². The summed E-state index contributed by atoms with van der Waals surface area (Å²) in [5.41, 5.74) is -0.435. The predicted molar refractivity (Wildman–Crippen MR) is 46.9 cm³/mol. The first-order valence-corrected chi connectivity index (χ1v) is 4.27. The molecule has 1 heterocycles. The Morgan fingerprint density at radius 3 is 2.17 bits per heavy atom. The van der Waals surface area contributed by atoms with Crippen LogP contribution in [-0.2, 0) is 4.74 Å². The number of ether oxygens (including phenoxy) is 1. The quantitative estimate of drug-likeness (QED) is 0.604. The molecule has 12 heavy (non-hydrogen) atoms. The summed E-state index contributed by atoms with van der Waals surface area (Å²) in [6.45, 7) is 10.2. The van der Waals surface area contributed by atoms with Crippen LogP contribution in [0.4, 0.5) is 4.79 Å². The summed E-state index contributed by atoms with van der Waals surface area (Å²) in [6.07, 6.45) is -0.306. The Labute approximate surface area is 73.5 Å². The van der Waals surface area contributed by atoms with Gasteiger partial charge in [0.05, 0.1) is 6.04 Å². The van der Waals surface area contributed by atoms with E-state index in [-0.39, 0.29) is 17.6 Å². The van der Waals surface area contributed by atoms with Crippen LogP contribution >= 0.6 is 0 Å². The SMILES string of the molecule is C[C@H]1NC(=O)O[C@@]1(C)C(C)(C)C. The molecule has 1 amide bonds. The molecular formula is C9H17NO2. The van der Waals surface area contributed by atoms with Crippen molar-refractivity contribution >= 4 is 6.09 Å². The van der Waals surface area contributed by atoms with Crippen LogP contribution in [0.3, 0.4) is 0 Å². The van der Waals surface area contributed by atoms with E-state index in [1.807, 2.05) is 13.8 Å². The molecule has 0 unspecified atom stereocenters. The van der Waals surface area contributed by atoms with E-state index in [1.165, 1.54) is 0 Å². The van der Waals surface area contributed by atoms with E-state index in [1.54, 1.807) is 0 Å². The zero-order valence-corrected chi connectivity index (χ0v) is 8.39. The third-order valence-electron chi connectivity index (χ3n) is 2.95. The molecule has 1 saturated heterocycles. The minimum atomic E-state index is -0.399. The highest BCUT2D eigenvalue weighted by molar-refractivity contribution is 5.71. The smallest absolute Gasteiger partial charge is 0.408 e. The molecule has 3 heteroatoms. The van der Waals surface area contributed by atoms with Gasteiger partial charge in [-0.15, -0.1) is 0 Å². The maximum absolute atomic E-state index is 11.0. The van der Waals surface area contributed by atoms with Crippen molar-refractivity contribution in [1.29, 1.82) is 0 Å². The molecule has 3 nitrogen and oxygen atoms in total. The summed E-state index contributed by atoms with van der Waals surface area (Å²) in [7, 11) is 0. The number of nitrogens with one attached hydrogen (secondary N) is 1. The number of amides is 1. The average molecular weight is 171 g/mol. The van der Waals surface area contributed by atoms with Crippen molar-refractivity contribution in [1.82, 2.24) is 5.32 Å². The third kappa shape index (κ3) is 1.17. The fourth-order valence-corrected chi connectivity index (χ4v) is 1.43. The van der Waals surface area contributed by atoms with Gasteiger partial charge in [0.25, 0.3) is 0 Å². The lowest BCUT2D eigenvalue weighted by atomic mass is 9.74. The van der Waals surface area contributed by atoms with Crippen LogP contribution < -0.4 is 5.32 Å². The summed E-state index contributed by atoms with van der Waals surface area (Å²) < 4.78 is 5.28. The van der Waals surface area contributed by atoms with E-state index in [0.717, 1.165) is 0 Å². The first-order chi connectivity index (χ1) is 5.27. The second-order valence-corrected chi connectivity index (χ2v) is 4.61. The van der Waals surface area contributed by atoms with Crippen molar-refractivity contribution in [2.24, 2.45) is 5.41 Å². The van der Waals surface area contributed by atoms with Gasteiger partial charge in [-0.05, 0) is 13.8 Å². The van der Waals surface area contributed by atoms with Crippen LogP contribution in [0, 0.1) is 5.41 Å². The van der Waals surface area contributed by atoms with Crippen LogP contribution in [0.25, 0.3) is 0 Å². The average Bonchev–Trinajstić information content (AvgIpc) is 2.06. The van der Waals surface area contributed by atoms with Gasteiger partial charge in [0.2, 0.25) is 0 Å². The molecule has 0 aliphatic carbocycles. The molecule has 1 fully saturated rings. The second-order valence-electron chi connectivity index (χ2n) is 4.61. The molecular weight excluding hydrogens is 154 g/mol. The van der Waals surface area contributed by atoms with E-state index in [4.69, 9.17) is 4.74 Å². The first-order valence-electron chi connectivity index (χ1n) is 4.27. The molecule has 0 radical (unpaired) electrons. The fraction of sp³-hybridized carbons (Fsp3) is 0.889. The molecule has 1 rings (SSSR count). The van der Waals surface area contributed by atoms with Crippen molar-refractivity contribution in [2.75, 3.05) is 0 Å². The lowest BCUT2D eigenvalue weighted by Gasteiger charge is -2.38. The van der Waals surface area contributed by atoms with Crippen molar-refractivity contribution < 1.29 is 9.53 Å². The van der Waals surface area contributed by atoms with Crippen molar-refractivity contribution in [3.63, 3.8) is 0 Å². The summed E-state index contributed by atoms with van der Waals surface area (Å²) in [4.78, 5) is 11.0. The minimum absolute atomic E-state index is 0.0361. The first kappa shape index (κ1) is 9.36. The van der Waals surface area contributed by atoms with E-state index in [0.29, 0.717) is 0 Å². The molecule has 0 spiro atoms. The fourth-order valence-electron chi connectivity index (χ4n) is 1.43. The number of hydrogen-bond donors (Lipinski definition) is 1. The molecule has 0 bridgehead atoms. The topological polar surface area (TPSA) is 38.3 Å².